The van der Waals surface area contributed by atoms with Crippen LogP contribution < -0.4 is 14.8 Å². The zero-order valence-corrected chi connectivity index (χ0v) is 16.7. The zero-order valence-electron chi connectivity index (χ0n) is 15.8. The Morgan fingerprint density at radius 3 is 2.17 bits per heavy atom. The first-order valence-corrected chi connectivity index (χ1v) is 10.4. The first-order valence-electron chi connectivity index (χ1n) is 8.91. The molecule has 0 aliphatic carbocycles. The van der Waals surface area contributed by atoms with Crippen molar-refractivity contribution in [1.29, 1.82) is 0 Å². The number of hydrogen-bond donors (Lipinski definition) is 2. The predicted molar refractivity (Wildman–Crippen MR) is 113 cm³/mol. The Bertz CT molecular complexity index is 1310. The number of aromatic nitrogens is 2. The molecule has 0 spiro atoms. The molecular weight excluding hydrogens is 407 g/mol. The summed E-state index contributed by atoms with van der Waals surface area (Å²) in [4.78, 5) is 8.90. The molecule has 0 atom stereocenters. The van der Waals surface area contributed by atoms with Gasteiger partial charge >= 0.3 is 0 Å². The third kappa shape index (κ3) is 4.15. The van der Waals surface area contributed by atoms with Crippen LogP contribution in [0, 0.1) is 5.82 Å². The second kappa shape index (κ2) is 7.96. The lowest BCUT2D eigenvalue weighted by molar-refractivity contribution is 0.414. The summed E-state index contributed by atoms with van der Waals surface area (Å²) in [6, 6.07) is 18.8. The van der Waals surface area contributed by atoms with Gasteiger partial charge in [-0.25, -0.2) is 22.8 Å². The number of sulfonamides is 1. The second-order valence-corrected chi connectivity index (χ2v) is 8.01. The SMILES string of the molecule is COc1ccc(S(=O)(=O)Nc2nc3ccccc3nc2Nc2cccc(F)c2)cc1. The van der Waals surface area contributed by atoms with E-state index in [1.807, 2.05) is 0 Å². The number of rotatable bonds is 6. The van der Waals surface area contributed by atoms with E-state index in [4.69, 9.17) is 4.74 Å². The van der Waals surface area contributed by atoms with E-state index < -0.39 is 15.8 Å². The van der Waals surface area contributed by atoms with Gasteiger partial charge in [0.15, 0.2) is 11.6 Å². The van der Waals surface area contributed by atoms with Gasteiger partial charge in [-0.05, 0) is 54.6 Å². The molecule has 0 radical (unpaired) electrons. The molecule has 0 saturated carbocycles. The number of nitrogens with one attached hydrogen (secondary N) is 2. The van der Waals surface area contributed by atoms with E-state index >= 15 is 0 Å². The molecule has 0 fully saturated rings. The number of halogens is 1. The van der Waals surface area contributed by atoms with Crippen LogP contribution >= 0.6 is 0 Å². The topological polar surface area (TPSA) is 93.2 Å². The van der Waals surface area contributed by atoms with Crippen molar-refractivity contribution >= 4 is 38.4 Å². The highest BCUT2D eigenvalue weighted by Crippen LogP contribution is 2.27. The summed E-state index contributed by atoms with van der Waals surface area (Å²) >= 11 is 0. The van der Waals surface area contributed by atoms with Crippen LogP contribution in [0.25, 0.3) is 11.0 Å². The van der Waals surface area contributed by atoms with Crippen molar-refractivity contribution in [3.05, 3.63) is 78.6 Å². The molecule has 0 aliphatic rings. The molecule has 0 bridgehead atoms. The molecule has 0 aliphatic heterocycles. The van der Waals surface area contributed by atoms with Crippen molar-refractivity contribution in [2.24, 2.45) is 0 Å². The molecule has 0 amide bonds. The number of methoxy groups -OCH3 is 1. The van der Waals surface area contributed by atoms with Gasteiger partial charge in [0, 0.05) is 5.69 Å². The second-order valence-electron chi connectivity index (χ2n) is 6.33. The summed E-state index contributed by atoms with van der Waals surface area (Å²) in [5.74, 6) is 0.243. The van der Waals surface area contributed by atoms with Crippen LogP contribution in [0.4, 0.5) is 21.7 Å². The van der Waals surface area contributed by atoms with E-state index in [1.165, 1.54) is 37.4 Å². The maximum Gasteiger partial charge on any atom is 0.263 e. The Labute approximate surface area is 172 Å². The summed E-state index contributed by atoms with van der Waals surface area (Å²) in [5.41, 5.74) is 1.47. The molecule has 0 unspecified atom stereocenters. The van der Waals surface area contributed by atoms with E-state index in [2.05, 4.69) is 20.0 Å². The fourth-order valence-electron chi connectivity index (χ4n) is 2.80. The van der Waals surface area contributed by atoms with E-state index in [9.17, 15) is 12.8 Å². The fourth-order valence-corrected chi connectivity index (χ4v) is 3.81. The van der Waals surface area contributed by atoms with Crippen molar-refractivity contribution in [3.8, 4) is 5.75 Å². The highest BCUT2D eigenvalue weighted by atomic mass is 32.2. The van der Waals surface area contributed by atoms with Crippen molar-refractivity contribution < 1.29 is 17.5 Å². The van der Waals surface area contributed by atoms with Gasteiger partial charge < -0.3 is 10.1 Å². The summed E-state index contributed by atoms with van der Waals surface area (Å²) in [6.07, 6.45) is 0. The normalized spacial score (nSPS) is 11.3. The molecule has 30 heavy (non-hydrogen) atoms. The van der Waals surface area contributed by atoms with Gasteiger partial charge in [-0.2, -0.15) is 0 Å². The smallest absolute Gasteiger partial charge is 0.263 e. The maximum atomic E-state index is 13.6. The summed E-state index contributed by atoms with van der Waals surface area (Å²) in [5, 5.41) is 2.94. The molecule has 1 aromatic heterocycles. The van der Waals surface area contributed by atoms with Crippen LogP contribution in [-0.4, -0.2) is 25.5 Å². The minimum atomic E-state index is -3.95. The number of hydrogen-bond acceptors (Lipinski definition) is 6. The Morgan fingerprint density at radius 2 is 1.53 bits per heavy atom. The summed E-state index contributed by atoms with van der Waals surface area (Å²) in [6.45, 7) is 0. The van der Waals surface area contributed by atoms with E-state index in [0.29, 0.717) is 22.5 Å². The number of benzene rings is 3. The number of anilines is 3. The van der Waals surface area contributed by atoms with Gasteiger partial charge in [-0.15, -0.1) is 0 Å². The zero-order chi connectivity index (χ0) is 21.1. The average molecular weight is 424 g/mol. The highest BCUT2D eigenvalue weighted by molar-refractivity contribution is 7.92. The van der Waals surface area contributed by atoms with Crippen LogP contribution in [0.2, 0.25) is 0 Å². The number of nitrogens with zero attached hydrogens (tertiary/aromatic N) is 2. The first kappa shape index (κ1) is 19.6. The third-order valence-corrected chi connectivity index (χ3v) is 5.61. The van der Waals surface area contributed by atoms with Gasteiger partial charge in [0.25, 0.3) is 10.0 Å². The minimum Gasteiger partial charge on any atom is -0.497 e. The third-order valence-electron chi connectivity index (χ3n) is 4.26. The quantitative estimate of drug-likeness (QED) is 0.479. The van der Waals surface area contributed by atoms with Gasteiger partial charge in [-0.3, -0.25) is 4.72 Å². The molecule has 4 aromatic rings. The molecule has 9 heteroatoms. The van der Waals surface area contributed by atoms with Crippen molar-refractivity contribution in [3.63, 3.8) is 0 Å². The average Bonchev–Trinajstić information content (AvgIpc) is 2.74. The van der Waals surface area contributed by atoms with Crippen molar-refractivity contribution in [2.75, 3.05) is 17.1 Å². The molecule has 1 heterocycles. The number of fused-ring (bicyclic) bond motifs is 1. The lowest BCUT2D eigenvalue weighted by Crippen LogP contribution is -2.16. The molecule has 2 N–H and O–H groups in total. The molecule has 3 aromatic carbocycles. The Hall–Kier alpha value is -3.72. The van der Waals surface area contributed by atoms with Crippen molar-refractivity contribution in [1.82, 2.24) is 9.97 Å². The standard InChI is InChI=1S/C21H17FN4O3S/c1-29-16-9-11-17(12-10-16)30(27,28)26-21-20(23-15-6-4-5-14(22)13-15)24-18-7-2-3-8-19(18)25-21/h2-13H,1H3,(H,23,24)(H,25,26). The molecule has 7 nitrogen and oxygen atoms in total. The summed E-state index contributed by atoms with van der Waals surface area (Å²) < 4.78 is 46.9. The Morgan fingerprint density at radius 1 is 0.867 bits per heavy atom. The molecule has 4 rings (SSSR count). The van der Waals surface area contributed by atoms with Gasteiger partial charge in [0.05, 0.1) is 23.0 Å². The van der Waals surface area contributed by atoms with Crippen LogP contribution in [-0.2, 0) is 10.0 Å². The van der Waals surface area contributed by atoms with Crippen LogP contribution in [0.1, 0.15) is 0 Å². The predicted octanol–water partition coefficient (Wildman–Crippen LogP) is 4.32. The van der Waals surface area contributed by atoms with Gasteiger partial charge in [0.1, 0.15) is 11.6 Å². The summed E-state index contributed by atoms with van der Waals surface area (Å²) in [7, 11) is -2.46. The fraction of sp³-hybridized carbons (Fsp3) is 0.0476. The van der Waals surface area contributed by atoms with Crippen molar-refractivity contribution in [2.45, 2.75) is 4.90 Å². The van der Waals surface area contributed by atoms with E-state index in [1.54, 1.807) is 42.5 Å². The molecule has 152 valence electrons. The van der Waals surface area contributed by atoms with E-state index in [-0.39, 0.29) is 16.5 Å². The first-order chi connectivity index (χ1) is 14.4. The molecule has 0 saturated heterocycles. The van der Waals surface area contributed by atoms with Crippen LogP contribution in [0.5, 0.6) is 5.75 Å². The lowest BCUT2D eigenvalue weighted by atomic mass is 10.3. The maximum absolute atomic E-state index is 13.6. The Kier molecular flexibility index (Phi) is 5.20. The van der Waals surface area contributed by atoms with Gasteiger partial charge in [-0.1, -0.05) is 18.2 Å². The van der Waals surface area contributed by atoms with Crippen LogP contribution in [0.15, 0.2) is 77.7 Å². The molecular formula is C21H17FN4O3S. The monoisotopic (exact) mass is 424 g/mol. The van der Waals surface area contributed by atoms with Gasteiger partial charge in [0.2, 0.25) is 0 Å². The number of para-hydroxylation sites is 2. The minimum absolute atomic E-state index is 0.00576. The van der Waals surface area contributed by atoms with E-state index in [0.717, 1.165) is 0 Å². The lowest BCUT2D eigenvalue weighted by Gasteiger charge is -2.14. The highest BCUT2D eigenvalue weighted by Gasteiger charge is 2.19. The van der Waals surface area contributed by atoms with Crippen LogP contribution in [0.3, 0.4) is 0 Å². The Balaban J connectivity index is 1.75. The number of ether oxygens (including phenoxy) is 1. The largest absolute Gasteiger partial charge is 0.497 e.